The van der Waals surface area contributed by atoms with E-state index in [0.717, 1.165) is 0 Å². The molecule has 20 heavy (non-hydrogen) atoms. The third-order valence-corrected chi connectivity index (χ3v) is 3.79. The lowest BCUT2D eigenvalue weighted by atomic mass is 9.96. The van der Waals surface area contributed by atoms with Crippen LogP contribution in [0.4, 0.5) is 0 Å². The van der Waals surface area contributed by atoms with Crippen LogP contribution < -0.4 is 0 Å². The molecular formula is C19H14O. The molecule has 4 rings (SSSR count). The van der Waals surface area contributed by atoms with Crippen LogP contribution in [0, 0.1) is 0 Å². The van der Waals surface area contributed by atoms with Crippen molar-refractivity contribution in [1.29, 1.82) is 0 Å². The fraction of sp³-hybridized carbons (Fsp3) is 0.0526. The largest absolute Gasteiger partial charge is 0.489 e. The summed E-state index contributed by atoms with van der Waals surface area (Å²) in [5.74, 6) is 0. The van der Waals surface area contributed by atoms with Gasteiger partial charge >= 0.3 is 0 Å². The van der Waals surface area contributed by atoms with Gasteiger partial charge in [-0.2, -0.15) is 0 Å². The predicted molar refractivity (Wildman–Crippen MR) is 83.6 cm³/mol. The van der Waals surface area contributed by atoms with Gasteiger partial charge in [0.1, 0.15) is 6.10 Å². The minimum Gasteiger partial charge on any atom is -0.489 e. The molecule has 0 bridgehead atoms. The number of fused-ring (bicyclic) bond motifs is 2. The number of benzene rings is 3. The van der Waals surface area contributed by atoms with Crippen LogP contribution in [0.2, 0.25) is 0 Å². The van der Waals surface area contributed by atoms with Crippen molar-refractivity contribution in [1.82, 2.24) is 0 Å². The van der Waals surface area contributed by atoms with Gasteiger partial charge in [-0.1, -0.05) is 48.5 Å². The maximum Gasteiger partial charge on any atom is 0.142 e. The van der Waals surface area contributed by atoms with Crippen molar-refractivity contribution in [2.24, 2.45) is 0 Å². The Morgan fingerprint density at radius 3 is 2.35 bits per heavy atom. The summed E-state index contributed by atoms with van der Waals surface area (Å²) >= 11 is 0. The summed E-state index contributed by atoms with van der Waals surface area (Å²) < 4.78 is 5.72. The van der Waals surface area contributed by atoms with Gasteiger partial charge in [-0.15, -0.1) is 0 Å². The van der Waals surface area contributed by atoms with E-state index in [1.807, 2.05) is 12.2 Å². The number of allylic oxidation sites excluding steroid dienone is 2. The Morgan fingerprint density at radius 2 is 1.55 bits per heavy atom. The standard InChI is InChI=1S/C19H14O/c1-2-7-15-13-18-16(12-14(15)6-1)8-5-9-17(18)19-10-3-4-11-20-19/h1-13,19H. The van der Waals surface area contributed by atoms with Gasteiger partial charge in [-0.05, 0) is 45.8 Å². The highest BCUT2D eigenvalue weighted by Crippen LogP contribution is 2.31. The first-order valence-corrected chi connectivity index (χ1v) is 6.82. The number of hydrogen-bond acceptors (Lipinski definition) is 1. The Hall–Kier alpha value is -2.54. The summed E-state index contributed by atoms with van der Waals surface area (Å²) in [6.07, 6.45) is 7.80. The van der Waals surface area contributed by atoms with E-state index < -0.39 is 0 Å². The van der Waals surface area contributed by atoms with Crippen LogP contribution in [0.1, 0.15) is 11.7 Å². The molecule has 0 amide bonds. The van der Waals surface area contributed by atoms with E-state index in [0.29, 0.717) is 0 Å². The minimum absolute atomic E-state index is 0.00450. The molecule has 3 aromatic rings. The topological polar surface area (TPSA) is 9.23 Å². The zero-order valence-corrected chi connectivity index (χ0v) is 11.0. The van der Waals surface area contributed by atoms with Crippen molar-refractivity contribution >= 4 is 21.5 Å². The summed E-state index contributed by atoms with van der Waals surface area (Å²) in [7, 11) is 0. The number of rotatable bonds is 1. The SMILES string of the molecule is C1=COC(c2cccc3cc4ccccc4cc23)C=C1. The summed E-state index contributed by atoms with van der Waals surface area (Å²) in [6, 6.07) is 19.4. The second kappa shape index (κ2) is 4.53. The molecule has 1 nitrogen and oxygen atoms in total. The zero-order valence-electron chi connectivity index (χ0n) is 11.0. The Bertz CT molecular complexity index is 843. The van der Waals surface area contributed by atoms with Gasteiger partial charge in [0, 0.05) is 5.56 Å². The van der Waals surface area contributed by atoms with Crippen molar-refractivity contribution in [2.75, 3.05) is 0 Å². The molecule has 3 aromatic carbocycles. The van der Waals surface area contributed by atoms with Crippen molar-refractivity contribution in [3.63, 3.8) is 0 Å². The summed E-state index contributed by atoms with van der Waals surface area (Å²) in [5, 5.41) is 5.06. The van der Waals surface area contributed by atoms with E-state index >= 15 is 0 Å². The molecule has 1 heterocycles. The van der Waals surface area contributed by atoms with Crippen molar-refractivity contribution in [3.05, 3.63) is 84.7 Å². The number of ether oxygens (including phenoxy) is 1. The predicted octanol–water partition coefficient (Wildman–Crippen LogP) is 5.13. The molecule has 1 atom stereocenters. The monoisotopic (exact) mass is 258 g/mol. The fourth-order valence-corrected chi connectivity index (χ4v) is 2.80. The van der Waals surface area contributed by atoms with Gasteiger partial charge in [0.2, 0.25) is 0 Å². The molecule has 0 spiro atoms. The van der Waals surface area contributed by atoms with Crippen LogP contribution in [0.25, 0.3) is 21.5 Å². The maximum absolute atomic E-state index is 5.72. The average molecular weight is 258 g/mol. The van der Waals surface area contributed by atoms with Crippen LogP contribution in [-0.2, 0) is 4.74 Å². The fourth-order valence-electron chi connectivity index (χ4n) is 2.80. The highest BCUT2D eigenvalue weighted by molar-refractivity contribution is 5.99. The second-order valence-corrected chi connectivity index (χ2v) is 5.04. The van der Waals surface area contributed by atoms with E-state index in [4.69, 9.17) is 4.74 Å². The highest BCUT2D eigenvalue weighted by Gasteiger charge is 2.13. The van der Waals surface area contributed by atoms with E-state index in [9.17, 15) is 0 Å². The van der Waals surface area contributed by atoms with E-state index in [1.54, 1.807) is 6.26 Å². The van der Waals surface area contributed by atoms with Gasteiger partial charge in [-0.25, -0.2) is 0 Å². The lowest BCUT2D eigenvalue weighted by Crippen LogP contribution is -2.00. The van der Waals surface area contributed by atoms with Crippen LogP contribution in [0.5, 0.6) is 0 Å². The Kier molecular flexibility index (Phi) is 2.56. The molecule has 0 radical (unpaired) electrons. The van der Waals surface area contributed by atoms with Crippen LogP contribution >= 0.6 is 0 Å². The molecule has 96 valence electrons. The van der Waals surface area contributed by atoms with E-state index in [2.05, 4.69) is 60.7 Å². The Morgan fingerprint density at radius 1 is 0.750 bits per heavy atom. The van der Waals surface area contributed by atoms with Gasteiger partial charge in [-0.3, -0.25) is 0 Å². The van der Waals surface area contributed by atoms with Gasteiger partial charge < -0.3 is 4.74 Å². The molecular weight excluding hydrogens is 244 g/mol. The molecule has 0 aromatic heterocycles. The third-order valence-electron chi connectivity index (χ3n) is 3.79. The van der Waals surface area contributed by atoms with Gasteiger partial charge in [0.05, 0.1) is 6.26 Å². The quantitative estimate of drug-likeness (QED) is 0.549. The van der Waals surface area contributed by atoms with E-state index in [-0.39, 0.29) is 6.10 Å². The number of hydrogen-bond donors (Lipinski definition) is 0. The first-order chi connectivity index (χ1) is 9.92. The third kappa shape index (κ3) is 1.79. The zero-order chi connectivity index (χ0) is 13.4. The lowest BCUT2D eigenvalue weighted by molar-refractivity contribution is 0.187. The van der Waals surface area contributed by atoms with E-state index in [1.165, 1.54) is 27.1 Å². The average Bonchev–Trinajstić information content (AvgIpc) is 2.53. The van der Waals surface area contributed by atoms with Gasteiger partial charge in [0.15, 0.2) is 0 Å². The molecule has 0 fully saturated rings. The lowest BCUT2D eigenvalue weighted by Gasteiger charge is -2.17. The Balaban J connectivity index is 1.99. The first kappa shape index (κ1) is 11.3. The van der Waals surface area contributed by atoms with Crippen LogP contribution in [0.3, 0.4) is 0 Å². The van der Waals surface area contributed by atoms with Crippen molar-refractivity contribution in [2.45, 2.75) is 6.10 Å². The molecule has 0 saturated heterocycles. The van der Waals surface area contributed by atoms with Crippen LogP contribution in [0.15, 0.2) is 79.1 Å². The minimum atomic E-state index is 0.00450. The highest BCUT2D eigenvalue weighted by atomic mass is 16.5. The molecule has 0 saturated carbocycles. The van der Waals surface area contributed by atoms with Crippen molar-refractivity contribution < 1.29 is 4.74 Å². The molecule has 1 unspecified atom stereocenters. The summed E-state index contributed by atoms with van der Waals surface area (Å²) in [4.78, 5) is 0. The molecule has 0 N–H and O–H groups in total. The first-order valence-electron chi connectivity index (χ1n) is 6.82. The molecule has 1 aliphatic rings. The summed E-state index contributed by atoms with van der Waals surface area (Å²) in [5.41, 5.74) is 1.22. The molecule has 1 heteroatoms. The molecule has 1 aliphatic heterocycles. The summed E-state index contributed by atoms with van der Waals surface area (Å²) in [6.45, 7) is 0. The smallest absolute Gasteiger partial charge is 0.142 e. The van der Waals surface area contributed by atoms with Crippen LogP contribution in [-0.4, -0.2) is 0 Å². The van der Waals surface area contributed by atoms with Gasteiger partial charge in [0.25, 0.3) is 0 Å². The maximum atomic E-state index is 5.72. The normalized spacial score (nSPS) is 17.5. The molecule has 0 aliphatic carbocycles. The Labute approximate surface area is 117 Å². The second-order valence-electron chi connectivity index (χ2n) is 5.04. The van der Waals surface area contributed by atoms with Crippen molar-refractivity contribution in [3.8, 4) is 0 Å².